The number of carbonyl (C=O) groups is 1. The van der Waals surface area contributed by atoms with Gasteiger partial charge in [-0.25, -0.2) is 5.10 Å². The predicted octanol–water partition coefficient (Wildman–Crippen LogP) is 2.93. The van der Waals surface area contributed by atoms with Crippen molar-refractivity contribution in [3.05, 3.63) is 56.6 Å². The summed E-state index contributed by atoms with van der Waals surface area (Å²) in [7, 11) is 0. The molecule has 0 radical (unpaired) electrons. The maximum Gasteiger partial charge on any atom is 0.274 e. The molecule has 6 heteroatoms. The van der Waals surface area contributed by atoms with Crippen LogP contribution in [0.15, 0.2) is 40.5 Å². The van der Waals surface area contributed by atoms with Crippen LogP contribution in [0.4, 0.5) is 0 Å². The van der Waals surface area contributed by atoms with Crippen LogP contribution in [0, 0.1) is 0 Å². The number of H-pyrrole nitrogens is 1. The van der Waals surface area contributed by atoms with Crippen LogP contribution in [0.2, 0.25) is 0 Å². The lowest BCUT2D eigenvalue weighted by Gasteiger charge is -2.27. The Morgan fingerprint density at radius 1 is 1.30 bits per heavy atom. The van der Waals surface area contributed by atoms with E-state index < -0.39 is 0 Å². The van der Waals surface area contributed by atoms with Crippen LogP contribution in [-0.2, 0) is 0 Å². The third-order valence-electron chi connectivity index (χ3n) is 3.98. The van der Waals surface area contributed by atoms with Gasteiger partial charge in [-0.2, -0.15) is 5.10 Å². The Morgan fingerprint density at radius 2 is 2.22 bits per heavy atom. The van der Waals surface area contributed by atoms with E-state index in [1.165, 1.54) is 17.0 Å². The van der Waals surface area contributed by atoms with Crippen LogP contribution in [-0.4, -0.2) is 33.6 Å². The first-order valence-electron chi connectivity index (χ1n) is 7.82. The number of hydrogen-bond donors (Lipinski definition) is 1. The first kappa shape index (κ1) is 15.7. The number of likely N-dealkylation sites (tertiary alicyclic amines) is 1. The summed E-state index contributed by atoms with van der Waals surface area (Å²) in [6, 6.07) is 6.99. The maximum absolute atomic E-state index is 12.7. The molecule has 1 aliphatic heterocycles. The lowest BCUT2D eigenvalue weighted by molar-refractivity contribution is 0.0711. The Hall–Kier alpha value is -2.21. The highest BCUT2D eigenvalue weighted by Crippen LogP contribution is 2.21. The molecule has 2 aromatic heterocycles. The molecule has 3 rings (SSSR count). The Balaban J connectivity index is 1.81. The van der Waals surface area contributed by atoms with E-state index in [1.54, 1.807) is 11.3 Å². The summed E-state index contributed by atoms with van der Waals surface area (Å²) in [5.41, 5.74) is -0.00687. The number of aromatic amines is 1. The lowest BCUT2D eigenvalue weighted by atomic mass is 10.1. The van der Waals surface area contributed by atoms with Crippen molar-refractivity contribution in [3.63, 3.8) is 0 Å². The quantitative estimate of drug-likeness (QED) is 0.941. The summed E-state index contributed by atoms with van der Waals surface area (Å²) in [4.78, 5) is 26.9. The van der Waals surface area contributed by atoms with Crippen LogP contribution in [0.3, 0.4) is 0 Å². The second kappa shape index (κ2) is 7.37. The van der Waals surface area contributed by atoms with Crippen molar-refractivity contribution in [3.8, 4) is 0 Å². The number of rotatable bonds is 3. The zero-order chi connectivity index (χ0) is 16.1. The van der Waals surface area contributed by atoms with E-state index in [2.05, 4.69) is 28.4 Å². The highest BCUT2D eigenvalue weighted by atomic mass is 32.1. The number of aromatic nitrogens is 2. The predicted molar refractivity (Wildman–Crippen MR) is 91.5 cm³/mol. The SMILES string of the molecule is O=C(c1ccc(=O)[nH]n1)N1CCCCCC1/C=C/c1cccs1. The molecule has 0 aromatic carbocycles. The molecule has 120 valence electrons. The first-order chi connectivity index (χ1) is 11.2. The average molecular weight is 329 g/mol. The third kappa shape index (κ3) is 3.96. The molecule has 0 bridgehead atoms. The van der Waals surface area contributed by atoms with Crippen LogP contribution >= 0.6 is 11.3 Å². The monoisotopic (exact) mass is 329 g/mol. The van der Waals surface area contributed by atoms with E-state index in [4.69, 9.17) is 0 Å². The molecule has 5 nitrogen and oxygen atoms in total. The molecule has 0 spiro atoms. The lowest BCUT2D eigenvalue weighted by Crippen LogP contribution is -2.39. The topological polar surface area (TPSA) is 66.1 Å². The summed E-state index contributed by atoms with van der Waals surface area (Å²) in [6.07, 6.45) is 8.39. The molecule has 1 aliphatic rings. The Bertz CT molecular complexity index is 716. The molecule has 1 fully saturated rings. The Labute approximate surface area is 138 Å². The summed E-state index contributed by atoms with van der Waals surface area (Å²) >= 11 is 1.68. The number of nitrogens with one attached hydrogen (secondary N) is 1. The van der Waals surface area contributed by atoms with Gasteiger partial charge in [-0.05, 0) is 36.4 Å². The minimum atomic E-state index is -0.299. The number of thiophene rings is 1. The van der Waals surface area contributed by atoms with Crippen molar-refractivity contribution in [1.29, 1.82) is 0 Å². The van der Waals surface area contributed by atoms with Gasteiger partial charge in [0.05, 0.1) is 6.04 Å². The van der Waals surface area contributed by atoms with Crippen LogP contribution in [0.1, 0.15) is 41.0 Å². The smallest absolute Gasteiger partial charge is 0.274 e. The average Bonchev–Trinajstić information content (AvgIpc) is 2.97. The fraction of sp³-hybridized carbons (Fsp3) is 0.353. The normalized spacial score (nSPS) is 19.0. The van der Waals surface area contributed by atoms with E-state index in [0.717, 1.165) is 32.2 Å². The highest BCUT2D eigenvalue weighted by Gasteiger charge is 2.25. The fourth-order valence-corrected chi connectivity index (χ4v) is 3.42. The molecule has 1 unspecified atom stereocenters. The molecule has 1 N–H and O–H groups in total. The second-order valence-corrected chi connectivity index (χ2v) is 6.58. The van der Waals surface area contributed by atoms with Crippen LogP contribution in [0.25, 0.3) is 6.08 Å². The van der Waals surface area contributed by atoms with E-state index >= 15 is 0 Å². The summed E-state index contributed by atoms with van der Waals surface area (Å²) in [5, 5.41) is 8.25. The van der Waals surface area contributed by atoms with Crippen molar-refractivity contribution in [2.45, 2.75) is 31.7 Å². The molecular formula is C17H19N3O2S. The Kier molecular flexibility index (Phi) is 5.02. The summed E-state index contributed by atoms with van der Waals surface area (Å²) < 4.78 is 0. The Morgan fingerprint density at radius 3 is 2.96 bits per heavy atom. The largest absolute Gasteiger partial charge is 0.331 e. The van der Waals surface area contributed by atoms with Crippen LogP contribution in [0.5, 0.6) is 0 Å². The molecule has 0 aliphatic carbocycles. The van der Waals surface area contributed by atoms with Crippen LogP contribution < -0.4 is 5.56 Å². The molecule has 0 saturated carbocycles. The number of nitrogens with zero attached hydrogens (tertiary/aromatic N) is 2. The molecule has 3 heterocycles. The van der Waals surface area contributed by atoms with E-state index in [9.17, 15) is 9.59 Å². The number of hydrogen-bond acceptors (Lipinski definition) is 4. The van der Waals surface area contributed by atoms with Gasteiger partial charge in [-0.1, -0.05) is 25.0 Å². The van der Waals surface area contributed by atoms with E-state index in [-0.39, 0.29) is 17.5 Å². The number of amides is 1. The standard InChI is InChI=1S/C17H19N3O2S/c21-16-10-9-15(18-19-16)17(22)20-11-3-1-2-5-13(20)7-8-14-6-4-12-23-14/h4,6-10,12-13H,1-3,5,11H2,(H,19,21)/b8-7+. The van der Waals surface area contributed by atoms with Gasteiger partial charge in [0.15, 0.2) is 0 Å². The minimum Gasteiger partial charge on any atom is -0.331 e. The summed E-state index contributed by atoms with van der Waals surface area (Å²) in [6.45, 7) is 0.721. The fourth-order valence-electron chi connectivity index (χ4n) is 2.79. The second-order valence-electron chi connectivity index (χ2n) is 5.60. The van der Waals surface area contributed by atoms with Gasteiger partial charge in [0.25, 0.3) is 11.5 Å². The molecule has 1 saturated heterocycles. The van der Waals surface area contributed by atoms with E-state index in [0.29, 0.717) is 5.69 Å². The van der Waals surface area contributed by atoms with E-state index in [1.807, 2.05) is 16.3 Å². The van der Waals surface area contributed by atoms with Crippen molar-refractivity contribution in [2.75, 3.05) is 6.54 Å². The van der Waals surface area contributed by atoms with Gasteiger partial charge in [0.1, 0.15) is 5.69 Å². The molecule has 2 aromatic rings. The van der Waals surface area contributed by atoms with Gasteiger partial charge in [0.2, 0.25) is 0 Å². The van der Waals surface area contributed by atoms with Gasteiger partial charge in [-0.3, -0.25) is 9.59 Å². The first-order valence-corrected chi connectivity index (χ1v) is 8.70. The zero-order valence-corrected chi connectivity index (χ0v) is 13.6. The molecular weight excluding hydrogens is 310 g/mol. The maximum atomic E-state index is 12.7. The highest BCUT2D eigenvalue weighted by molar-refractivity contribution is 7.10. The van der Waals surface area contributed by atoms with Gasteiger partial charge < -0.3 is 4.90 Å². The minimum absolute atomic E-state index is 0.0702. The summed E-state index contributed by atoms with van der Waals surface area (Å²) in [5.74, 6) is -0.121. The van der Waals surface area contributed by atoms with Gasteiger partial charge in [0, 0.05) is 17.5 Å². The van der Waals surface area contributed by atoms with Crippen molar-refractivity contribution < 1.29 is 4.79 Å². The zero-order valence-electron chi connectivity index (χ0n) is 12.8. The van der Waals surface area contributed by atoms with Crippen molar-refractivity contribution >= 4 is 23.3 Å². The van der Waals surface area contributed by atoms with Crippen molar-refractivity contribution in [2.24, 2.45) is 0 Å². The van der Waals surface area contributed by atoms with Crippen molar-refractivity contribution in [1.82, 2.24) is 15.1 Å². The number of carbonyl (C=O) groups excluding carboxylic acids is 1. The molecule has 1 atom stereocenters. The molecule has 1 amide bonds. The van der Waals surface area contributed by atoms with Gasteiger partial charge in [-0.15, -0.1) is 11.3 Å². The third-order valence-corrected chi connectivity index (χ3v) is 4.82. The van der Waals surface area contributed by atoms with Gasteiger partial charge >= 0.3 is 0 Å². The molecule has 23 heavy (non-hydrogen) atoms.